The lowest BCUT2D eigenvalue weighted by Gasteiger charge is -2.04. The number of carbonyl (C=O) groups excluding carboxylic acids is 1. The van der Waals surface area contributed by atoms with Crippen molar-refractivity contribution in [1.82, 2.24) is 24.9 Å². The third-order valence-corrected chi connectivity index (χ3v) is 3.58. The summed E-state index contributed by atoms with van der Waals surface area (Å²) in [5.41, 5.74) is 1.02. The first-order valence-electron chi connectivity index (χ1n) is 6.14. The lowest BCUT2D eigenvalue weighted by molar-refractivity contribution is 0.0947. The van der Waals surface area contributed by atoms with Gasteiger partial charge in [-0.05, 0) is 13.3 Å². The summed E-state index contributed by atoms with van der Waals surface area (Å²) in [4.78, 5) is 11.9. The van der Waals surface area contributed by atoms with Crippen LogP contribution in [0.2, 0.25) is 10.0 Å². The van der Waals surface area contributed by atoms with Gasteiger partial charge >= 0.3 is 0 Å². The Balaban J connectivity index is 1.82. The Morgan fingerprint density at radius 2 is 2.20 bits per heavy atom. The number of nitrogens with zero attached hydrogens (tertiary/aromatic N) is 4. The van der Waals surface area contributed by atoms with E-state index < -0.39 is 0 Å². The van der Waals surface area contributed by atoms with Gasteiger partial charge in [0.25, 0.3) is 5.91 Å². The molecule has 0 fully saturated rings. The summed E-state index contributed by atoms with van der Waals surface area (Å²) in [7, 11) is 1.75. The van der Waals surface area contributed by atoms with Crippen molar-refractivity contribution in [2.24, 2.45) is 7.05 Å². The van der Waals surface area contributed by atoms with E-state index in [1.165, 1.54) is 0 Å². The van der Waals surface area contributed by atoms with Crippen molar-refractivity contribution < 1.29 is 4.79 Å². The maximum absolute atomic E-state index is 11.9. The van der Waals surface area contributed by atoms with Gasteiger partial charge < -0.3 is 5.32 Å². The van der Waals surface area contributed by atoms with Crippen molar-refractivity contribution in [3.05, 3.63) is 33.8 Å². The molecule has 0 saturated carbocycles. The van der Waals surface area contributed by atoms with Crippen molar-refractivity contribution in [1.29, 1.82) is 0 Å². The van der Waals surface area contributed by atoms with Crippen molar-refractivity contribution >= 4 is 29.1 Å². The van der Waals surface area contributed by atoms with Gasteiger partial charge in [0.1, 0.15) is 0 Å². The number of nitrogens with one attached hydrogen (secondary N) is 1. The molecule has 0 saturated heterocycles. The van der Waals surface area contributed by atoms with Gasteiger partial charge in [0.05, 0.1) is 21.9 Å². The minimum absolute atomic E-state index is 0.258. The predicted octanol–water partition coefficient (Wildman–Crippen LogP) is 2.05. The van der Waals surface area contributed by atoms with Crippen LogP contribution in [0.4, 0.5) is 0 Å². The van der Waals surface area contributed by atoms with E-state index in [2.05, 4.69) is 15.5 Å². The maximum Gasteiger partial charge on any atom is 0.273 e. The molecule has 0 unspecified atom stereocenters. The van der Waals surface area contributed by atoms with E-state index in [0.717, 1.165) is 12.1 Å². The molecule has 1 amide bonds. The van der Waals surface area contributed by atoms with Crippen LogP contribution in [0.5, 0.6) is 0 Å². The Bertz CT molecular complexity index is 619. The van der Waals surface area contributed by atoms with E-state index in [1.54, 1.807) is 28.8 Å². The second-order valence-electron chi connectivity index (χ2n) is 4.40. The number of amides is 1. The summed E-state index contributed by atoms with van der Waals surface area (Å²) in [6, 6.07) is 0. The molecule has 20 heavy (non-hydrogen) atoms. The molecule has 8 heteroatoms. The summed E-state index contributed by atoms with van der Waals surface area (Å²) in [6.07, 6.45) is 4.06. The minimum atomic E-state index is -0.266. The van der Waals surface area contributed by atoms with E-state index in [4.69, 9.17) is 23.2 Å². The number of aryl methyl sites for hydroxylation is 2. The van der Waals surface area contributed by atoms with Gasteiger partial charge in [0.15, 0.2) is 5.69 Å². The summed E-state index contributed by atoms with van der Waals surface area (Å²) in [5.74, 6) is -0.266. The van der Waals surface area contributed by atoms with E-state index in [1.807, 2.05) is 6.92 Å². The van der Waals surface area contributed by atoms with Crippen LogP contribution in [-0.4, -0.2) is 32.0 Å². The number of carbonyl (C=O) groups is 1. The normalized spacial score (nSPS) is 10.8. The van der Waals surface area contributed by atoms with Crippen LogP contribution in [0.3, 0.4) is 0 Å². The summed E-state index contributed by atoms with van der Waals surface area (Å²) in [6.45, 7) is 3.01. The number of halogens is 2. The molecule has 0 aliphatic heterocycles. The van der Waals surface area contributed by atoms with Crippen LogP contribution in [-0.2, 0) is 13.6 Å². The smallest absolute Gasteiger partial charge is 0.273 e. The molecule has 2 heterocycles. The SMILES string of the molecule is Cc1c(Cl)c(C(=O)NCCCn2cc(Cl)cn2)nn1C. The molecule has 0 spiro atoms. The van der Waals surface area contributed by atoms with Gasteiger partial charge in [-0.15, -0.1) is 0 Å². The van der Waals surface area contributed by atoms with Crippen LogP contribution in [0.15, 0.2) is 12.4 Å². The van der Waals surface area contributed by atoms with E-state index >= 15 is 0 Å². The number of aromatic nitrogens is 4. The molecule has 2 aromatic rings. The molecule has 108 valence electrons. The highest BCUT2D eigenvalue weighted by atomic mass is 35.5. The zero-order valence-electron chi connectivity index (χ0n) is 11.2. The lowest BCUT2D eigenvalue weighted by Crippen LogP contribution is -2.26. The zero-order chi connectivity index (χ0) is 14.7. The molecule has 2 aromatic heterocycles. The maximum atomic E-state index is 11.9. The fraction of sp³-hybridized carbons (Fsp3) is 0.417. The molecule has 0 bridgehead atoms. The first-order valence-corrected chi connectivity index (χ1v) is 6.90. The van der Waals surface area contributed by atoms with Gasteiger partial charge in [-0.1, -0.05) is 23.2 Å². The highest BCUT2D eigenvalue weighted by Crippen LogP contribution is 2.18. The summed E-state index contributed by atoms with van der Waals surface area (Å²) in [5, 5.41) is 11.9. The minimum Gasteiger partial charge on any atom is -0.351 e. The fourth-order valence-corrected chi connectivity index (χ4v) is 2.12. The fourth-order valence-electron chi connectivity index (χ4n) is 1.71. The van der Waals surface area contributed by atoms with Gasteiger partial charge in [0.2, 0.25) is 0 Å². The van der Waals surface area contributed by atoms with Crippen molar-refractivity contribution in [2.45, 2.75) is 19.9 Å². The van der Waals surface area contributed by atoms with Crippen molar-refractivity contribution in [3.8, 4) is 0 Å². The molecular formula is C12H15Cl2N5O. The number of hydrogen-bond donors (Lipinski definition) is 1. The van der Waals surface area contributed by atoms with Crippen LogP contribution >= 0.6 is 23.2 Å². The quantitative estimate of drug-likeness (QED) is 0.859. The first-order chi connectivity index (χ1) is 9.49. The van der Waals surface area contributed by atoms with Crippen LogP contribution in [0.25, 0.3) is 0 Å². The molecule has 0 radical (unpaired) electrons. The Morgan fingerprint density at radius 3 is 2.75 bits per heavy atom. The highest BCUT2D eigenvalue weighted by molar-refractivity contribution is 6.34. The monoisotopic (exact) mass is 315 g/mol. The molecule has 2 rings (SSSR count). The van der Waals surface area contributed by atoms with Gasteiger partial charge in [-0.25, -0.2) is 0 Å². The predicted molar refractivity (Wildman–Crippen MR) is 77.1 cm³/mol. The van der Waals surface area contributed by atoms with E-state index in [0.29, 0.717) is 23.1 Å². The molecule has 6 nitrogen and oxygen atoms in total. The largest absolute Gasteiger partial charge is 0.351 e. The molecule has 0 aromatic carbocycles. The van der Waals surface area contributed by atoms with E-state index in [9.17, 15) is 4.79 Å². The third-order valence-electron chi connectivity index (χ3n) is 2.93. The molecule has 0 atom stereocenters. The van der Waals surface area contributed by atoms with Crippen LogP contribution < -0.4 is 5.32 Å². The Labute approximate surface area is 126 Å². The Morgan fingerprint density at radius 1 is 1.45 bits per heavy atom. The lowest BCUT2D eigenvalue weighted by atomic mass is 10.3. The Hall–Kier alpha value is -1.53. The topological polar surface area (TPSA) is 64.7 Å². The van der Waals surface area contributed by atoms with Gasteiger partial charge in [-0.3, -0.25) is 14.2 Å². The average molecular weight is 316 g/mol. The first kappa shape index (κ1) is 14.9. The molecule has 1 N–H and O–H groups in total. The van der Waals surface area contributed by atoms with Crippen molar-refractivity contribution in [2.75, 3.05) is 6.54 Å². The standard InChI is InChI=1S/C12H15Cl2N5O/c1-8-10(14)11(17-18(8)2)12(20)15-4-3-5-19-7-9(13)6-16-19/h6-7H,3-5H2,1-2H3,(H,15,20). The third kappa shape index (κ3) is 3.32. The number of hydrogen-bond acceptors (Lipinski definition) is 3. The Kier molecular flexibility index (Phi) is 4.67. The average Bonchev–Trinajstić information content (AvgIpc) is 2.94. The second-order valence-corrected chi connectivity index (χ2v) is 5.22. The van der Waals surface area contributed by atoms with Crippen LogP contribution in [0.1, 0.15) is 22.6 Å². The van der Waals surface area contributed by atoms with Gasteiger partial charge in [-0.2, -0.15) is 10.2 Å². The van der Waals surface area contributed by atoms with Crippen LogP contribution in [0, 0.1) is 6.92 Å². The zero-order valence-corrected chi connectivity index (χ0v) is 12.7. The molecule has 0 aliphatic rings. The van der Waals surface area contributed by atoms with Crippen molar-refractivity contribution in [3.63, 3.8) is 0 Å². The van der Waals surface area contributed by atoms with E-state index in [-0.39, 0.29) is 11.6 Å². The highest BCUT2D eigenvalue weighted by Gasteiger charge is 2.17. The molecular weight excluding hydrogens is 301 g/mol. The number of rotatable bonds is 5. The van der Waals surface area contributed by atoms with Gasteiger partial charge in [0, 0.05) is 26.3 Å². The summed E-state index contributed by atoms with van der Waals surface area (Å²) < 4.78 is 3.31. The molecule has 0 aliphatic carbocycles. The summed E-state index contributed by atoms with van der Waals surface area (Å²) >= 11 is 11.8. The second kappa shape index (κ2) is 6.28.